The number of thiophene rings is 1. The van der Waals surface area contributed by atoms with Crippen molar-refractivity contribution in [1.82, 2.24) is 4.72 Å². The molecule has 2 rings (SSSR count). The lowest BCUT2D eigenvalue weighted by Gasteiger charge is -2.09. The largest absolute Gasteiger partial charge is 0.496 e. The molecule has 102 valence electrons. The Balaban J connectivity index is 2.14. The molecular weight excluding hydrogens is 350 g/mol. The Hall–Kier alpha value is -0.890. The predicted molar refractivity (Wildman–Crippen MR) is 79.0 cm³/mol. The van der Waals surface area contributed by atoms with Crippen molar-refractivity contribution in [3.05, 3.63) is 45.7 Å². The third-order valence-electron chi connectivity index (χ3n) is 2.45. The van der Waals surface area contributed by atoms with Crippen LogP contribution in [0.25, 0.3) is 0 Å². The fraction of sp³-hybridized carbons (Fsp3) is 0.167. The van der Waals surface area contributed by atoms with Gasteiger partial charge in [-0.1, -0.05) is 18.2 Å². The summed E-state index contributed by atoms with van der Waals surface area (Å²) in [5.41, 5.74) is 0.796. The topological polar surface area (TPSA) is 55.4 Å². The van der Waals surface area contributed by atoms with Gasteiger partial charge in [-0.05, 0) is 28.1 Å². The number of methoxy groups -OCH3 is 1. The van der Waals surface area contributed by atoms with Crippen LogP contribution in [0.1, 0.15) is 5.56 Å². The Morgan fingerprint density at radius 3 is 2.74 bits per heavy atom. The van der Waals surface area contributed by atoms with Crippen LogP contribution >= 0.6 is 27.3 Å². The predicted octanol–water partition coefficient (Wildman–Crippen LogP) is 3.00. The highest BCUT2D eigenvalue weighted by atomic mass is 79.9. The van der Waals surface area contributed by atoms with Crippen molar-refractivity contribution in [2.45, 2.75) is 10.8 Å². The molecule has 0 amide bonds. The number of halogens is 1. The van der Waals surface area contributed by atoms with Crippen LogP contribution in [0.15, 0.2) is 44.4 Å². The maximum absolute atomic E-state index is 12.1. The molecule has 1 N–H and O–H groups in total. The summed E-state index contributed by atoms with van der Waals surface area (Å²) in [6.07, 6.45) is 0. The number of benzene rings is 1. The van der Waals surface area contributed by atoms with Crippen LogP contribution in [0.3, 0.4) is 0 Å². The van der Waals surface area contributed by atoms with Gasteiger partial charge in [0.25, 0.3) is 0 Å². The Labute approximate surface area is 124 Å². The second-order valence-electron chi connectivity index (χ2n) is 3.72. The number of hydrogen-bond acceptors (Lipinski definition) is 4. The van der Waals surface area contributed by atoms with Gasteiger partial charge in [0.05, 0.1) is 7.11 Å². The van der Waals surface area contributed by atoms with E-state index in [1.54, 1.807) is 24.6 Å². The Bertz CT molecular complexity index is 667. The minimum absolute atomic E-state index is 0.196. The normalized spacial score (nSPS) is 11.5. The molecule has 0 radical (unpaired) electrons. The zero-order valence-corrected chi connectivity index (χ0v) is 13.3. The van der Waals surface area contributed by atoms with Crippen molar-refractivity contribution < 1.29 is 13.2 Å². The molecule has 0 fully saturated rings. The van der Waals surface area contributed by atoms with Gasteiger partial charge in [-0.25, -0.2) is 13.1 Å². The Morgan fingerprint density at radius 2 is 2.11 bits per heavy atom. The van der Waals surface area contributed by atoms with Crippen LogP contribution in [-0.4, -0.2) is 15.5 Å². The van der Waals surface area contributed by atoms with Gasteiger partial charge in [0, 0.05) is 22.0 Å². The second-order valence-corrected chi connectivity index (χ2v) is 7.54. The van der Waals surface area contributed by atoms with Crippen molar-refractivity contribution >= 4 is 37.3 Å². The molecule has 0 unspecified atom stereocenters. The van der Waals surface area contributed by atoms with Crippen molar-refractivity contribution in [1.29, 1.82) is 0 Å². The monoisotopic (exact) mass is 361 g/mol. The summed E-state index contributed by atoms with van der Waals surface area (Å²) in [5, 5.41) is 1.73. The molecule has 0 saturated carbocycles. The molecule has 0 atom stereocenters. The van der Waals surface area contributed by atoms with Gasteiger partial charge in [0.15, 0.2) is 0 Å². The summed E-state index contributed by atoms with van der Waals surface area (Å²) in [6.45, 7) is 0.196. The summed E-state index contributed by atoms with van der Waals surface area (Å²) in [5.74, 6) is 0.664. The molecule has 19 heavy (non-hydrogen) atoms. The number of ether oxygens (including phenoxy) is 1. The first-order valence-corrected chi connectivity index (χ1v) is 8.54. The summed E-state index contributed by atoms with van der Waals surface area (Å²) >= 11 is 4.41. The van der Waals surface area contributed by atoms with E-state index in [9.17, 15) is 8.42 Å². The van der Waals surface area contributed by atoms with Gasteiger partial charge in [0.1, 0.15) is 9.96 Å². The zero-order valence-electron chi connectivity index (χ0n) is 10.1. The van der Waals surface area contributed by atoms with E-state index in [1.807, 2.05) is 18.2 Å². The average Bonchev–Trinajstić information content (AvgIpc) is 2.84. The fourth-order valence-corrected chi connectivity index (χ4v) is 4.43. The first-order valence-electron chi connectivity index (χ1n) is 5.38. The number of para-hydroxylation sites is 1. The summed E-state index contributed by atoms with van der Waals surface area (Å²) in [6, 6.07) is 8.88. The summed E-state index contributed by atoms with van der Waals surface area (Å²) in [4.78, 5) is 0. The SMILES string of the molecule is COc1ccccc1CNS(=O)(=O)c1cc(Br)cs1. The fourth-order valence-electron chi connectivity index (χ4n) is 1.53. The van der Waals surface area contributed by atoms with E-state index in [-0.39, 0.29) is 10.8 Å². The third-order valence-corrected chi connectivity index (χ3v) is 6.06. The van der Waals surface area contributed by atoms with E-state index in [0.717, 1.165) is 10.0 Å². The highest BCUT2D eigenvalue weighted by Crippen LogP contribution is 2.24. The molecule has 4 nitrogen and oxygen atoms in total. The molecule has 0 spiro atoms. The van der Waals surface area contributed by atoms with Crippen LogP contribution in [0.2, 0.25) is 0 Å². The van der Waals surface area contributed by atoms with Crippen LogP contribution in [0.4, 0.5) is 0 Å². The van der Waals surface area contributed by atoms with Crippen LogP contribution in [-0.2, 0) is 16.6 Å². The zero-order chi connectivity index (χ0) is 13.9. The number of nitrogens with one attached hydrogen (secondary N) is 1. The van der Waals surface area contributed by atoms with E-state index in [2.05, 4.69) is 20.7 Å². The minimum Gasteiger partial charge on any atom is -0.496 e. The molecule has 1 heterocycles. The minimum atomic E-state index is -3.48. The number of hydrogen-bond donors (Lipinski definition) is 1. The molecule has 7 heteroatoms. The molecule has 2 aromatic rings. The summed E-state index contributed by atoms with van der Waals surface area (Å²) in [7, 11) is -1.92. The number of sulfonamides is 1. The first kappa shape index (κ1) is 14.5. The average molecular weight is 362 g/mol. The van der Waals surface area contributed by atoms with E-state index < -0.39 is 10.0 Å². The lowest BCUT2D eigenvalue weighted by atomic mass is 10.2. The van der Waals surface area contributed by atoms with E-state index >= 15 is 0 Å². The standard InChI is InChI=1S/C12H12BrNO3S2/c1-17-11-5-3-2-4-9(11)7-14-19(15,16)12-6-10(13)8-18-12/h2-6,8,14H,7H2,1H3. The Kier molecular flexibility index (Phi) is 4.62. The highest BCUT2D eigenvalue weighted by molar-refractivity contribution is 9.10. The van der Waals surface area contributed by atoms with E-state index in [4.69, 9.17) is 4.74 Å². The van der Waals surface area contributed by atoms with Crippen molar-refractivity contribution in [2.75, 3.05) is 7.11 Å². The lowest BCUT2D eigenvalue weighted by molar-refractivity contribution is 0.409. The van der Waals surface area contributed by atoms with Crippen LogP contribution in [0, 0.1) is 0 Å². The van der Waals surface area contributed by atoms with E-state index in [1.165, 1.54) is 11.3 Å². The Morgan fingerprint density at radius 1 is 1.37 bits per heavy atom. The molecule has 1 aromatic heterocycles. The number of rotatable bonds is 5. The molecule has 0 saturated heterocycles. The maximum Gasteiger partial charge on any atom is 0.250 e. The first-order chi connectivity index (χ1) is 9.03. The van der Waals surface area contributed by atoms with Gasteiger partial charge in [-0.15, -0.1) is 11.3 Å². The molecule has 1 aromatic carbocycles. The van der Waals surface area contributed by atoms with Crippen molar-refractivity contribution in [2.24, 2.45) is 0 Å². The van der Waals surface area contributed by atoms with Gasteiger partial charge in [0.2, 0.25) is 10.0 Å². The second kappa shape index (κ2) is 6.04. The van der Waals surface area contributed by atoms with Crippen molar-refractivity contribution in [3.8, 4) is 5.75 Å². The molecular formula is C12H12BrNO3S2. The van der Waals surface area contributed by atoms with Crippen LogP contribution in [0.5, 0.6) is 5.75 Å². The van der Waals surface area contributed by atoms with Crippen molar-refractivity contribution in [3.63, 3.8) is 0 Å². The molecule has 0 bridgehead atoms. The van der Waals surface area contributed by atoms with Gasteiger partial charge < -0.3 is 4.74 Å². The summed E-state index contributed by atoms with van der Waals surface area (Å²) < 4.78 is 32.9. The quantitative estimate of drug-likeness (QED) is 0.890. The highest BCUT2D eigenvalue weighted by Gasteiger charge is 2.16. The molecule has 0 aliphatic carbocycles. The molecule has 0 aliphatic heterocycles. The third kappa shape index (κ3) is 3.56. The lowest BCUT2D eigenvalue weighted by Crippen LogP contribution is -2.22. The molecule has 0 aliphatic rings. The van der Waals surface area contributed by atoms with Crippen LogP contribution < -0.4 is 9.46 Å². The van der Waals surface area contributed by atoms with Gasteiger partial charge >= 0.3 is 0 Å². The smallest absolute Gasteiger partial charge is 0.250 e. The maximum atomic E-state index is 12.1. The van der Waals surface area contributed by atoms with E-state index in [0.29, 0.717) is 5.75 Å². The van der Waals surface area contributed by atoms with Gasteiger partial charge in [-0.2, -0.15) is 0 Å². The van der Waals surface area contributed by atoms with Gasteiger partial charge in [-0.3, -0.25) is 0 Å².